The summed E-state index contributed by atoms with van der Waals surface area (Å²) in [4.78, 5) is 17.4. The van der Waals surface area contributed by atoms with Crippen molar-refractivity contribution in [1.29, 1.82) is 5.26 Å². The molecule has 1 aliphatic heterocycles. The summed E-state index contributed by atoms with van der Waals surface area (Å²) in [6.45, 7) is 3.29. The Bertz CT molecular complexity index is 1170. The van der Waals surface area contributed by atoms with Crippen molar-refractivity contribution in [2.24, 2.45) is 0 Å². The number of rotatable bonds is 5. The number of hydrogen-bond donors (Lipinski definition) is 0. The van der Waals surface area contributed by atoms with Crippen molar-refractivity contribution in [2.75, 3.05) is 13.2 Å². The topological polar surface area (TPSA) is 77.1 Å². The van der Waals surface area contributed by atoms with Crippen molar-refractivity contribution in [3.8, 4) is 11.8 Å². The molecule has 33 heavy (non-hydrogen) atoms. The lowest BCUT2D eigenvalue weighted by molar-refractivity contribution is -0.182. The smallest absolute Gasteiger partial charge is 0.168 e. The van der Waals surface area contributed by atoms with Gasteiger partial charge in [0.05, 0.1) is 30.4 Å². The fourth-order valence-electron chi connectivity index (χ4n) is 4.81. The number of aromatic nitrogens is 2. The molecule has 0 N–H and O–H groups in total. The molecule has 3 aromatic rings. The molecule has 2 aliphatic rings. The summed E-state index contributed by atoms with van der Waals surface area (Å²) in [6.07, 6.45) is 8.48. The predicted octanol–water partition coefficient (Wildman–Crippen LogP) is 4.68. The highest BCUT2D eigenvalue weighted by molar-refractivity contribution is 5.97. The molecular weight excluding hydrogens is 414 g/mol. The fourth-order valence-corrected chi connectivity index (χ4v) is 4.81. The first-order valence-electron chi connectivity index (χ1n) is 11.4. The number of aryl methyl sites for hydroxylation is 1. The maximum absolute atomic E-state index is 12.8. The van der Waals surface area contributed by atoms with Gasteiger partial charge in [0.1, 0.15) is 0 Å². The van der Waals surface area contributed by atoms with Crippen LogP contribution < -0.4 is 0 Å². The Labute approximate surface area is 193 Å². The highest BCUT2D eigenvalue weighted by atomic mass is 16.7. The highest BCUT2D eigenvalue weighted by Gasteiger charge is 2.48. The molecule has 6 heteroatoms. The largest absolute Gasteiger partial charge is 0.348 e. The number of nitrogens with zero attached hydrogens (tertiary/aromatic N) is 3. The second kappa shape index (κ2) is 8.58. The normalized spacial score (nSPS) is 18.8. The molecule has 5 rings (SSSR count). The van der Waals surface area contributed by atoms with Crippen LogP contribution in [0.25, 0.3) is 5.69 Å². The number of benzene rings is 1. The summed E-state index contributed by atoms with van der Waals surface area (Å²) < 4.78 is 13.6. The second-order valence-electron chi connectivity index (χ2n) is 9.10. The molecule has 3 heterocycles. The Hall–Kier alpha value is -3.27. The highest BCUT2D eigenvalue weighted by Crippen LogP contribution is 2.45. The molecule has 0 radical (unpaired) electrons. The Balaban J connectivity index is 1.26. The molecule has 0 atom stereocenters. The van der Waals surface area contributed by atoms with E-state index in [9.17, 15) is 10.1 Å². The molecule has 0 bridgehead atoms. The Morgan fingerprint density at radius 3 is 2.42 bits per heavy atom. The van der Waals surface area contributed by atoms with Crippen molar-refractivity contribution < 1.29 is 14.3 Å². The van der Waals surface area contributed by atoms with Crippen LogP contribution in [0.1, 0.15) is 52.9 Å². The number of ether oxygens (including phenoxy) is 2. The fraction of sp³-hybridized carbons (Fsp3) is 0.370. The molecule has 0 unspecified atom stereocenters. The molecular formula is C27H27N3O3. The average molecular weight is 442 g/mol. The molecule has 1 aliphatic carbocycles. The maximum Gasteiger partial charge on any atom is 0.168 e. The van der Waals surface area contributed by atoms with Gasteiger partial charge in [-0.05, 0) is 49.6 Å². The predicted molar refractivity (Wildman–Crippen MR) is 123 cm³/mol. The van der Waals surface area contributed by atoms with E-state index >= 15 is 0 Å². The number of carbonyl (C=O) groups is 1. The zero-order chi connectivity index (χ0) is 22.9. The van der Waals surface area contributed by atoms with Crippen LogP contribution in [-0.4, -0.2) is 34.3 Å². The minimum Gasteiger partial charge on any atom is -0.348 e. The van der Waals surface area contributed by atoms with Gasteiger partial charge in [-0.3, -0.25) is 9.78 Å². The van der Waals surface area contributed by atoms with E-state index in [1.807, 2.05) is 47.3 Å². The summed E-state index contributed by atoms with van der Waals surface area (Å²) in [5.41, 5.74) is 3.87. The minimum absolute atomic E-state index is 0.0422. The van der Waals surface area contributed by atoms with Crippen molar-refractivity contribution in [1.82, 2.24) is 9.55 Å². The third-order valence-electron chi connectivity index (χ3n) is 6.92. The first-order chi connectivity index (χ1) is 16.0. The molecule has 168 valence electrons. The monoisotopic (exact) mass is 441 g/mol. The first kappa shape index (κ1) is 21.6. The number of Topliss-reactive ketones (excluding diaryl/α,β-unsaturated/α-hetero) is 1. The molecule has 1 aromatic carbocycles. The average Bonchev–Trinajstić information content (AvgIpc) is 3.52. The van der Waals surface area contributed by atoms with Crippen molar-refractivity contribution >= 4 is 5.78 Å². The molecule has 1 spiro atoms. The maximum atomic E-state index is 12.8. The Kier molecular flexibility index (Phi) is 5.61. The zero-order valence-corrected chi connectivity index (χ0v) is 18.8. The SMILES string of the molecule is Cc1ccc(-n2ccc(C(=O)Cc3ccc(C4(C#N)CCC5(CC4)OCCO5)nc3)c2)cc1. The molecule has 1 saturated carbocycles. The van der Waals surface area contributed by atoms with Crippen LogP contribution in [0.2, 0.25) is 0 Å². The van der Waals surface area contributed by atoms with Crippen molar-refractivity contribution in [3.05, 3.63) is 83.4 Å². The van der Waals surface area contributed by atoms with Gasteiger partial charge >= 0.3 is 0 Å². The summed E-state index contributed by atoms with van der Waals surface area (Å²) in [7, 11) is 0. The lowest BCUT2D eigenvalue weighted by Crippen LogP contribution is -2.41. The van der Waals surface area contributed by atoms with E-state index in [0.29, 0.717) is 44.5 Å². The van der Waals surface area contributed by atoms with Crippen LogP contribution in [-0.2, 0) is 21.3 Å². The van der Waals surface area contributed by atoms with Gasteiger partial charge < -0.3 is 14.0 Å². The van der Waals surface area contributed by atoms with Crippen LogP contribution in [0.4, 0.5) is 0 Å². The van der Waals surface area contributed by atoms with Gasteiger partial charge in [0.2, 0.25) is 0 Å². The second-order valence-corrected chi connectivity index (χ2v) is 9.10. The zero-order valence-electron chi connectivity index (χ0n) is 18.8. The summed E-state index contributed by atoms with van der Waals surface area (Å²) in [6, 6.07) is 16.4. The summed E-state index contributed by atoms with van der Waals surface area (Å²) in [5, 5.41) is 9.97. The standard InChI is InChI=1S/C27H27N3O3/c1-20-2-5-23(6-3-20)30-13-8-22(18-30)24(31)16-21-4-7-25(29-17-21)26(19-28)9-11-27(12-10-26)32-14-15-33-27/h2-8,13,17-18H,9-12,14-16H2,1H3. The molecule has 2 aromatic heterocycles. The summed E-state index contributed by atoms with van der Waals surface area (Å²) >= 11 is 0. The number of pyridine rings is 1. The van der Waals surface area contributed by atoms with Gasteiger partial charge in [-0.1, -0.05) is 23.8 Å². The van der Waals surface area contributed by atoms with E-state index in [2.05, 4.69) is 30.1 Å². The first-order valence-corrected chi connectivity index (χ1v) is 11.4. The van der Waals surface area contributed by atoms with Crippen LogP contribution in [0, 0.1) is 18.3 Å². The van der Waals surface area contributed by atoms with E-state index in [4.69, 9.17) is 9.47 Å². The van der Waals surface area contributed by atoms with Crippen molar-refractivity contribution in [2.45, 2.75) is 50.2 Å². The number of nitriles is 1. The Morgan fingerprint density at radius 1 is 1.06 bits per heavy atom. The number of hydrogen-bond acceptors (Lipinski definition) is 5. The van der Waals surface area contributed by atoms with Crippen LogP contribution in [0.5, 0.6) is 0 Å². The van der Waals surface area contributed by atoms with E-state index in [1.54, 1.807) is 6.20 Å². The Morgan fingerprint density at radius 2 is 1.79 bits per heavy atom. The third-order valence-corrected chi connectivity index (χ3v) is 6.92. The van der Waals surface area contributed by atoms with Crippen molar-refractivity contribution in [3.63, 3.8) is 0 Å². The lowest BCUT2D eigenvalue weighted by atomic mass is 9.70. The van der Waals surface area contributed by atoms with Gasteiger partial charge in [-0.2, -0.15) is 5.26 Å². The number of carbonyl (C=O) groups excluding carboxylic acids is 1. The molecule has 2 fully saturated rings. The molecule has 6 nitrogen and oxygen atoms in total. The van der Waals surface area contributed by atoms with E-state index < -0.39 is 11.2 Å². The van der Waals surface area contributed by atoms with E-state index in [1.165, 1.54) is 5.56 Å². The van der Waals surface area contributed by atoms with Gasteiger partial charge in [0.15, 0.2) is 11.6 Å². The molecule has 1 saturated heterocycles. The van der Waals surface area contributed by atoms with Gasteiger partial charge in [-0.25, -0.2) is 0 Å². The summed E-state index contributed by atoms with van der Waals surface area (Å²) in [5.74, 6) is -0.470. The molecule has 0 amide bonds. The lowest BCUT2D eigenvalue weighted by Gasteiger charge is -2.39. The van der Waals surface area contributed by atoms with Crippen LogP contribution in [0.15, 0.2) is 61.1 Å². The van der Waals surface area contributed by atoms with Gasteiger partial charge in [0, 0.05) is 49.1 Å². The van der Waals surface area contributed by atoms with Gasteiger partial charge in [0.25, 0.3) is 0 Å². The van der Waals surface area contributed by atoms with E-state index in [-0.39, 0.29) is 12.2 Å². The van der Waals surface area contributed by atoms with Gasteiger partial charge in [-0.15, -0.1) is 0 Å². The quantitative estimate of drug-likeness (QED) is 0.537. The third kappa shape index (κ3) is 4.22. The minimum atomic E-state index is -0.631. The van der Waals surface area contributed by atoms with Crippen LogP contribution in [0.3, 0.4) is 0 Å². The van der Waals surface area contributed by atoms with E-state index in [0.717, 1.165) is 16.9 Å². The van der Waals surface area contributed by atoms with Crippen LogP contribution >= 0.6 is 0 Å². The number of ketones is 1.